The van der Waals surface area contributed by atoms with E-state index in [9.17, 15) is 14.7 Å². The number of aromatic nitrogens is 2. The minimum atomic E-state index is -0.851. The van der Waals surface area contributed by atoms with E-state index in [1.54, 1.807) is 4.90 Å². The van der Waals surface area contributed by atoms with Gasteiger partial charge >= 0.3 is 12.1 Å². The van der Waals surface area contributed by atoms with E-state index in [0.717, 1.165) is 85.4 Å². The number of nitrogens with zero attached hydrogens (tertiary/aromatic N) is 3. The zero-order valence-corrected chi connectivity index (χ0v) is 21.7. The number of rotatable bonds is 7. The molecule has 0 saturated carbocycles. The van der Waals surface area contributed by atoms with E-state index in [4.69, 9.17) is 9.72 Å². The highest BCUT2D eigenvalue weighted by Crippen LogP contribution is 2.37. The first kappa shape index (κ1) is 25.3. The third-order valence-electron chi connectivity index (χ3n) is 8.07. The SMILES string of the molecule is COC(=O)N1c2ccc3c(nc(CC(C(=O)O)c4ccccc4)n3CCC3CCNCC3)c2CCC1C. The van der Waals surface area contributed by atoms with Gasteiger partial charge in [-0.2, -0.15) is 0 Å². The molecular formula is C29H36N4O4. The number of imidazole rings is 1. The monoisotopic (exact) mass is 504 g/mol. The minimum absolute atomic E-state index is 0.0355. The van der Waals surface area contributed by atoms with E-state index in [-0.39, 0.29) is 12.1 Å². The van der Waals surface area contributed by atoms with Crippen molar-refractivity contribution in [3.05, 3.63) is 59.4 Å². The highest BCUT2D eigenvalue weighted by atomic mass is 16.5. The van der Waals surface area contributed by atoms with Crippen LogP contribution in [0.4, 0.5) is 10.5 Å². The molecule has 0 spiro atoms. The van der Waals surface area contributed by atoms with Gasteiger partial charge < -0.3 is 19.7 Å². The molecule has 1 saturated heterocycles. The average molecular weight is 505 g/mol. The Bertz CT molecular complexity index is 1270. The van der Waals surface area contributed by atoms with Crippen molar-refractivity contribution < 1.29 is 19.4 Å². The van der Waals surface area contributed by atoms with Gasteiger partial charge in [-0.1, -0.05) is 30.3 Å². The quantitative estimate of drug-likeness (QED) is 0.482. The number of aryl methyl sites for hydroxylation is 2. The van der Waals surface area contributed by atoms with Crippen molar-refractivity contribution in [1.29, 1.82) is 0 Å². The topological polar surface area (TPSA) is 96.7 Å². The summed E-state index contributed by atoms with van der Waals surface area (Å²) in [6, 6.07) is 13.5. The maximum absolute atomic E-state index is 12.6. The molecule has 2 unspecified atom stereocenters. The summed E-state index contributed by atoms with van der Waals surface area (Å²) in [5.41, 5.74) is 4.54. The van der Waals surface area contributed by atoms with Crippen LogP contribution in [0, 0.1) is 5.92 Å². The van der Waals surface area contributed by atoms with E-state index in [1.165, 1.54) is 7.11 Å². The molecule has 0 aliphatic carbocycles. The normalized spacial score (nSPS) is 19.0. The van der Waals surface area contributed by atoms with Crippen LogP contribution < -0.4 is 10.2 Å². The predicted molar refractivity (Wildman–Crippen MR) is 143 cm³/mol. The zero-order chi connectivity index (χ0) is 25.9. The van der Waals surface area contributed by atoms with Gasteiger partial charge in [0.1, 0.15) is 5.82 Å². The van der Waals surface area contributed by atoms with Crippen molar-refractivity contribution in [3.63, 3.8) is 0 Å². The highest BCUT2D eigenvalue weighted by molar-refractivity contribution is 5.95. The van der Waals surface area contributed by atoms with E-state index in [0.29, 0.717) is 12.3 Å². The maximum Gasteiger partial charge on any atom is 0.414 e. The molecular weight excluding hydrogens is 468 g/mol. The standard InChI is InChI=1S/C29H36N4O4/c1-19-8-9-22-24(33(19)29(36)37-2)10-11-25-27(22)31-26(32(25)17-14-20-12-15-30-16-13-20)18-23(28(34)35)21-6-4-3-5-7-21/h3-7,10-11,19-20,23,30H,8-9,12-18H2,1-2H3,(H,34,35). The number of carboxylic acid groups (broad SMARTS) is 1. The number of fused-ring (bicyclic) bond motifs is 3. The Morgan fingerprint density at radius 2 is 1.89 bits per heavy atom. The number of methoxy groups -OCH3 is 1. The second-order valence-corrected chi connectivity index (χ2v) is 10.3. The molecule has 2 aliphatic rings. The van der Waals surface area contributed by atoms with Gasteiger partial charge in [0.2, 0.25) is 0 Å². The van der Waals surface area contributed by atoms with E-state index >= 15 is 0 Å². The van der Waals surface area contributed by atoms with Gasteiger partial charge in [-0.05, 0) is 75.7 Å². The van der Waals surface area contributed by atoms with Gasteiger partial charge in [0.15, 0.2) is 0 Å². The fourth-order valence-electron chi connectivity index (χ4n) is 5.96. The number of amides is 1. The lowest BCUT2D eigenvalue weighted by Gasteiger charge is -2.34. The lowest BCUT2D eigenvalue weighted by Crippen LogP contribution is -2.42. The molecule has 2 atom stereocenters. The highest BCUT2D eigenvalue weighted by Gasteiger charge is 2.32. The predicted octanol–water partition coefficient (Wildman–Crippen LogP) is 4.74. The van der Waals surface area contributed by atoms with Crippen molar-refractivity contribution in [2.45, 2.75) is 64.0 Å². The number of hydrogen-bond acceptors (Lipinski definition) is 5. The summed E-state index contributed by atoms with van der Waals surface area (Å²) >= 11 is 0. The van der Waals surface area contributed by atoms with Gasteiger partial charge in [0.05, 0.1) is 29.7 Å². The van der Waals surface area contributed by atoms with Crippen LogP contribution >= 0.6 is 0 Å². The first-order chi connectivity index (χ1) is 18.0. The molecule has 0 radical (unpaired) electrons. The Morgan fingerprint density at radius 1 is 1.14 bits per heavy atom. The van der Waals surface area contributed by atoms with Gasteiger partial charge in [0.25, 0.3) is 0 Å². The van der Waals surface area contributed by atoms with Crippen LogP contribution in [0.25, 0.3) is 11.0 Å². The third-order valence-corrected chi connectivity index (χ3v) is 8.07. The second kappa shape index (κ2) is 10.9. The Morgan fingerprint density at radius 3 is 2.59 bits per heavy atom. The van der Waals surface area contributed by atoms with Crippen LogP contribution in [0.15, 0.2) is 42.5 Å². The number of aliphatic carboxylic acids is 1. The molecule has 1 aromatic heterocycles. The average Bonchev–Trinajstić information content (AvgIpc) is 3.28. The zero-order valence-electron chi connectivity index (χ0n) is 21.7. The Hall–Kier alpha value is -3.39. The van der Waals surface area contributed by atoms with Crippen LogP contribution in [-0.2, 0) is 28.9 Å². The fourth-order valence-corrected chi connectivity index (χ4v) is 5.96. The molecule has 0 bridgehead atoms. The van der Waals surface area contributed by atoms with Crippen molar-refractivity contribution in [1.82, 2.24) is 14.9 Å². The summed E-state index contributed by atoms with van der Waals surface area (Å²) in [4.78, 5) is 31.8. The maximum atomic E-state index is 12.6. The molecule has 8 nitrogen and oxygen atoms in total. The summed E-state index contributed by atoms with van der Waals surface area (Å²) in [5, 5.41) is 13.6. The van der Waals surface area contributed by atoms with Crippen LogP contribution in [0.3, 0.4) is 0 Å². The largest absolute Gasteiger partial charge is 0.481 e. The summed E-state index contributed by atoms with van der Waals surface area (Å²) in [5.74, 6) is -0.102. The second-order valence-electron chi connectivity index (χ2n) is 10.3. The number of piperidine rings is 1. The van der Waals surface area contributed by atoms with Gasteiger partial charge in [0, 0.05) is 24.6 Å². The molecule has 1 amide bonds. The number of nitrogens with one attached hydrogen (secondary N) is 1. The first-order valence-electron chi connectivity index (χ1n) is 13.3. The molecule has 2 aromatic carbocycles. The Labute approximate surface area is 217 Å². The smallest absolute Gasteiger partial charge is 0.414 e. The Balaban J connectivity index is 1.57. The number of carbonyl (C=O) groups excluding carboxylic acids is 1. The number of carboxylic acids is 1. The Kier molecular flexibility index (Phi) is 7.46. The van der Waals surface area contributed by atoms with Crippen molar-refractivity contribution >= 4 is 28.8 Å². The minimum Gasteiger partial charge on any atom is -0.481 e. The van der Waals surface area contributed by atoms with Crippen molar-refractivity contribution in [3.8, 4) is 0 Å². The molecule has 8 heteroatoms. The number of hydrogen-bond donors (Lipinski definition) is 2. The van der Waals surface area contributed by atoms with Crippen LogP contribution in [0.1, 0.15) is 55.5 Å². The van der Waals surface area contributed by atoms with Gasteiger partial charge in [-0.15, -0.1) is 0 Å². The molecule has 3 aromatic rings. The van der Waals surface area contributed by atoms with Gasteiger partial charge in [-0.3, -0.25) is 9.69 Å². The summed E-state index contributed by atoms with van der Waals surface area (Å²) in [6.45, 7) is 4.93. The number of carbonyl (C=O) groups is 2. The number of ether oxygens (including phenoxy) is 1. The molecule has 2 aliphatic heterocycles. The van der Waals surface area contributed by atoms with Crippen LogP contribution in [0.5, 0.6) is 0 Å². The molecule has 3 heterocycles. The van der Waals surface area contributed by atoms with E-state index < -0.39 is 11.9 Å². The van der Waals surface area contributed by atoms with E-state index in [2.05, 4.69) is 9.88 Å². The molecule has 196 valence electrons. The number of benzene rings is 2. The first-order valence-corrected chi connectivity index (χ1v) is 13.3. The summed E-state index contributed by atoms with van der Waals surface area (Å²) in [7, 11) is 1.41. The van der Waals surface area contributed by atoms with Crippen LogP contribution in [0.2, 0.25) is 0 Å². The lowest BCUT2D eigenvalue weighted by atomic mass is 9.94. The van der Waals surface area contributed by atoms with Crippen molar-refractivity contribution in [2.75, 3.05) is 25.1 Å². The van der Waals surface area contributed by atoms with Gasteiger partial charge in [-0.25, -0.2) is 9.78 Å². The molecule has 37 heavy (non-hydrogen) atoms. The third kappa shape index (κ3) is 5.07. The molecule has 5 rings (SSSR count). The van der Waals surface area contributed by atoms with E-state index in [1.807, 2.05) is 49.4 Å². The van der Waals surface area contributed by atoms with Crippen molar-refractivity contribution in [2.24, 2.45) is 5.92 Å². The lowest BCUT2D eigenvalue weighted by molar-refractivity contribution is -0.138. The number of anilines is 1. The fraction of sp³-hybridized carbons (Fsp3) is 0.483. The summed E-state index contributed by atoms with van der Waals surface area (Å²) in [6.07, 6.45) is 4.93. The molecule has 2 N–H and O–H groups in total. The van der Waals surface area contributed by atoms with Crippen LogP contribution in [-0.4, -0.2) is 53.0 Å². The summed E-state index contributed by atoms with van der Waals surface area (Å²) < 4.78 is 7.32. The molecule has 1 fully saturated rings.